The van der Waals surface area contributed by atoms with Crippen LogP contribution < -0.4 is 5.46 Å². The van der Waals surface area contributed by atoms with Crippen molar-refractivity contribution in [3.8, 4) is 0 Å². The van der Waals surface area contributed by atoms with E-state index in [-0.39, 0.29) is 5.46 Å². The fraction of sp³-hybridized carbons (Fsp3) is 0.200. The SMILES string of the molecule is [B]c1cc(CO/C(C=C)=C/C=C(C)C)ccc1F. The third-order valence-corrected chi connectivity index (χ3v) is 2.25. The topological polar surface area (TPSA) is 9.23 Å². The van der Waals surface area contributed by atoms with Crippen molar-refractivity contribution in [2.24, 2.45) is 0 Å². The second-order valence-electron chi connectivity index (χ2n) is 4.16. The highest BCUT2D eigenvalue weighted by molar-refractivity contribution is 6.32. The molecule has 0 saturated carbocycles. The Hall–Kier alpha value is -1.77. The fourth-order valence-corrected chi connectivity index (χ4v) is 1.27. The molecule has 3 heteroatoms. The van der Waals surface area contributed by atoms with Gasteiger partial charge >= 0.3 is 0 Å². The lowest BCUT2D eigenvalue weighted by atomic mass is 9.94. The molecular formula is C15H16BFO. The molecule has 0 aliphatic heterocycles. The highest BCUT2D eigenvalue weighted by Crippen LogP contribution is 2.08. The number of allylic oxidation sites excluding steroid dienone is 4. The Balaban J connectivity index is 2.68. The first-order valence-corrected chi connectivity index (χ1v) is 5.67. The smallest absolute Gasteiger partial charge is 0.119 e. The van der Waals surface area contributed by atoms with Crippen molar-refractivity contribution < 1.29 is 9.13 Å². The lowest BCUT2D eigenvalue weighted by molar-refractivity contribution is 0.211. The molecule has 0 amide bonds. The van der Waals surface area contributed by atoms with Crippen LogP contribution in [0.4, 0.5) is 4.39 Å². The minimum Gasteiger partial charge on any atom is -0.489 e. The van der Waals surface area contributed by atoms with Crippen molar-refractivity contribution >= 4 is 13.3 Å². The van der Waals surface area contributed by atoms with Gasteiger partial charge in [-0.2, -0.15) is 0 Å². The second kappa shape index (κ2) is 6.85. The lowest BCUT2D eigenvalue weighted by Crippen LogP contribution is -2.09. The van der Waals surface area contributed by atoms with E-state index in [0.29, 0.717) is 12.4 Å². The molecule has 2 radical (unpaired) electrons. The Bertz CT molecular complexity index is 485. The number of ether oxygens (including phenoxy) is 1. The van der Waals surface area contributed by atoms with Gasteiger partial charge in [-0.25, -0.2) is 4.39 Å². The molecule has 0 saturated heterocycles. The molecule has 0 atom stereocenters. The minimum absolute atomic E-state index is 0.129. The molecule has 1 rings (SSSR count). The summed E-state index contributed by atoms with van der Waals surface area (Å²) in [5.41, 5.74) is 2.12. The van der Waals surface area contributed by atoms with E-state index in [0.717, 1.165) is 5.56 Å². The van der Waals surface area contributed by atoms with E-state index in [1.165, 1.54) is 11.6 Å². The maximum Gasteiger partial charge on any atom is 0.119 e. The molecule has 1 aromatic rings. The standard InChI is InChI=1S/C15H16BFO/c1-4-13(7-5-11(2)3)18-10-12-6-8-15(17)14(16)9-12/h4-9H,1,10H2,2-3H3/b13-7+. The zero-order valence-corrected chi connectivity index (χ0v) is 10.7. The molecule has 18 heavy (non-hydrogen) atoms. The zero-order chi connectivity index (χ0) is 13.5. The normalized spacial score (nSPS) is 10.9. The van der Waals surface area contributed by atoms with Crippen molar-refractivity contribution in [3.05, 3.63) is 65.7 Å². The highest BCUT2D eigenvalue weighted by atomic mass is 19.1. The molecular weight excluding hydrogens is 226 g/mol. The number of hydrogen-bond donors (Lipinski definition) is 0. The van der Waals surface area contributed by atoms with Gasteiger partial charge in [0.2, 0.25) is 0 Å². The maximum atomic E-state index is 13.0. The predicted octanol–water partition coefficient (Wildman–Crippen LogP) is 3.17. The van der Waals surface area contributed by atoms with Crippen molar-refractivity contribution in [2.45, 2.75) is 20.5 Å². The monoisotopic (exact) mass is 242 g/mol. The van der Waals surface area contributed by atoms with Crippen molar-refractivity contribution in [1.82, 2.24) is 0 Å². The average molecular weight is 242 g/mol. The van der Waals surface area contributed by atoms with Crippen molar-refractivity contribution in [1.29, 1.82) is 0 Å². The van der Waals surface area contributed by atoms with Crippen LogP contribution in [0.2, 0.25) is 0 Å². The summed E-state index contributed by atoms with van der Waals surface area (Å²) in [7, 11) is 5.48. The summed E-state index contributed by atoms with van der Waals surface area (Å²) in [6.45, 7) is 8.00. The molecule has 0 aliphatic carbocycles. The van der Waals surface area contributed by atoms with Gasteiger partial charge < -0.3 is 4.74 Å². The molecule has 92 valence electrons. The van der Waals surface area contributed by atoms with Gasteiger partial charge in [-0.1, -0.05) is 35.8 Å². The third-order valence-electron chi connectivity index (χ3n) is 2.25. The van der Waals surface area contributed by atoms with Gasteiger partial charge in [0.1, 0.15) is 26.0 Å². The summed E-state index contributed by atoms with van der Waals surface area (Å²) in [5.74, 6) is 0.252. The van der Waals surface area contributed by atoms with Gasteiger partial charge in [0.25, 0.3) is 0 Å². The summed E-state index contributed by atoms with van der Waals surface area (Å²) in [6.07, 6.45) is 5.41. The van der Waals surface area contributed by atoms with Crippen LogP contribution in [0, 0.1) is 5.82 Å². The van der Waals surface area contributed by atoms with Crippen molar-refractivity contribution in [2.75, 3.05) is 0 Å². The van der Waals surface area contributed by atoms with Gasteiger partial charge in [0.05, 0.1) is 0 Å². The molecule has 0 aromatic heterocycles. The molecule has 0 bridgehead atoms. The molecule has 1 aromatic carbocycles. The van der Waals surface area contributed by atoms with E-state index in [9.17, 15) is 4.39 Å². The van der Waals surface area contributed by atoms with E-state index in [4.69, 9.17) is 12.6 Å². The molecule has 0 aliphatic rings. The van der Waals surface area contributed by atoms with Gasteiger partial charge in [-0.3, -0.25) is 0 Å². The molecule has 0 heterocycles. The Morgan fingerprint density at radius 1 is 1.39 bits per heavy atom. The first kappa shape index (κ1) is 14.3. The summed E-state index contributed by atoms with van der Waals surface area (Å²) in [5, 5.41) is 0. The number of hydrogen-bond acceptors (Lipinski definition) is 1. The van der Waals surface area contributed by atoms with Crippen LogP contribution in [0.15, 0.2) is 54.3 Å². The predicted molar refractivity (Wildman–Crippen MR) is 74.3 cm³/mol. The molecule has 0 unspecified atom stereocenters. The molecule has 0 spiro atoms. The Labute approximate surface area is 109 Å². The van der Waals surface area contributed by atoms with Gasteiger partial charge in [0.15, 0.2) is 0 Å². The Kier molecular flexibility index (Phi) is 5.44. The zero-order valence-electron chi connectivity index (χ0n) is 10.7. The maximum absolute atomic E-state index is 13.0. The molecule has 0 N–H and O–H groups in total. The molecule has 0 fully saturated rings. The van der Waals surface area contributed by atoms with E-state index < -0.39 is 5.82 Å². The number of halogens is 1. The second-order valence-corrected chi connectivity index (χ2v) is 4.16. The Morgan fingerprint density at radius 2 is 2.11 bits per heavy atom. The van der Waals surface area contributed by atoms with Gasteiger partial charge in [-0.15, -0.1) is 0 Å². The van der Waals surface area contributed by atoms with E-state index in [1.54, 1.807) is 18.2 Å². The molecule has 1 nitrogen and oxygen atoms in total. The largest absolute Gasteiger partial charge is 0.489 e. The minimum atomic E-state index is -0.414. The van der Waals surface area contributed by atoms with Crippen LogP contribution in [0.25, 0.3) is 0 Å². The number of rotatable bonds is 5. The van der Waals surface area contributed by atoms with Crippen LogP contribution >= 0.6 is 0 Å². The van der Waals surface area contributed by atoms with Crippen molar-refractivity contribution in [3.63, 3.8) is 0 Å². The van der Waals surface area contributed by atoms with Gasteiger partial charge in [0, 0.05) is 0 Å². The van der Waals surface area contributed by atoms with Crippen LogP contribution in [0.5, 0.6) is 0 Å². The summed E-state index contributed by atoms with van der Waals surface area (Å²) in [6, 6.07) is 4.55. The fourth-order valence-electron chi connectivity index (χ4n) is 1.27. The summed E-state index contributed by atoms with van der Waals surface area (Å²) < 4.78 is 18.5. The van der Waals surface area contributed by atoms with Gasteiger partial charge in [-0.05, 0) is 37.6 Å². The van der Waals surface area contributed by atoms with E-state index in [1.807, 2.05) is 26.0 Å². The van der Waals surface area contributed by atoms with Crippen LogP contribution in [-0.2, 0) is 11.3 Å². The highest BCUT2D eigenvalue weighted by Gasteiger charge is 1.99. The first-order chi connectivity index (χ1) is 8.52. The summed E-state index contributed by atoms with van der Waals surface area (Å²) in [4.78, 5) is 0. The average Bonchev–Trinajstić information content (AvgIpc) is 2.33. The Morgan fingerprint density at radius 3 is 2.67 bits per heavy atom. The first-order valence-electron chi connectivity index (χ1n) is 5.67. The van der Waals surface area contributed by atoms with Crippen LogP contribution in [0.3, 0.4) is 0 Å². The lowest BCUT2D eigenvalue weighted by Gasteiger charge is -2.07. The third kappa shape index (κ3) is 4.62. The number of benzene rings is 1. The summed E-state index contributed by atoms with van der Waals surface area (Å²) >= 11 is 0. The van der Waals surface area contributed by atoms with E-state index in [2.05, 4.69) is 6.58 Å². The van der Waals surface area contributed by atoms with E-state index >= 15 is 0 Å². The quantitative estimate of drug-likeness (QED) is 0.437. The van der Waals surface area contributed by atoms with Crippen LogP contribution in [0.1, 0.15) is 19.4 Å². The van der Waals surface area contributed by atoms with Crippen LogP contribution in [-0.4, -0.2) is 7.85 Å².